The van der Waals surface area contributed by atoms with Crippen LogP contribution in [0.25, 0.3) is 0 Å². The van der Waals surface area contributed by atoms with Gasteiger partial charge in [0.1, 0.15) is 17.3 Å². The average molecular weight is 338 g/mol. The van der Waals surface area contributed by atoms with Crippen LogP contribution in [0.3, 0.4) is 0 Å². The van der Waals surface area contributed by atoms with Crippen molar-refractivity contribution in [2.45, 2.75) is 65.7 Å². The predicted octanol–water partition coefficient (Wildman–Crippen LogP) is 3.50. The Morgan fingerprint density at radius 2 is 1.54 bits per heavy atom. The van der Waals surface area contributed by atoms with Crippen molar-refractivity contribution in [1.29, 1.82) is 0 Å². The first kappa shape index (κ1) is 18.9. The quantitative estimate of drug-likeness (QED) is 0.521. The van der Waals surface area contributed by atoms with Gasteiger partial charge in [-0.15, -0.1) is 0 Å². The van der Waals surface area contributed by atoms with E-state index in [0.29, 0.717) is 11.3 Å². The highest BCUT2D eigenvalue weighted by molar-refractivity contribution is 6.62. The third-order valence-electron chi connectivity index (χ3n) is 4.35. The fourth-order valence-electron chi connectivity index (χ4n) is 2.43. The molecule has 1 aromatic rings. The first-order valence-electron chi connectivity index (χ1n) is 8.09. The molecule has 0 aromatic heterocycles. The van der Waals surface area contributed by atoms with Gasteiger partial charge in [-0.05, 0) is 66.1 Å². The number of halogens is 2. The van der Waals surface area contributed by atoms with Crippen LogP contribution in [0.4, 0.5) is 14.5 Å². The molecule has 0 spiro atoms. The molecular weight excluding hydrogens is 313 g/mol. The van der Waals surface area contributed by atoms with Gasteiger partial charge in [0, 0.05) is 6.04 Å². The van der Waals surface area contributed by atoms with Crippen molar-refractivity contribution in [3.63, 3.8) is 0 Å². The zero-order valence-electron chi connectivity index (χ0n) is 15.3. The molecule has 0 bridgehead atoms. The standard InChI is InChI=1S/C17H25BF2N2O2/c1-10(2)21-11(3)22-15-13(19)8-12(9-14(15)20)18-23-16(4,5)17(6,7)24-18/h8-10H,1-7H3,(H,21,22). The molecule has 0 radical (unpaired) electrons. The normalized spacial score (nSPS) is 19.9. The van der Waals surface area contributed by atoms with Crippen LogP contribution in [0, 0.1) is 11.6 Å². The van der Waals surface area contributed by atoms with Gasteiger partial charge in [-0.3, -0.25) is 4.99 Å². The Bertz CT molecular complexity index is 621. The number of hydrogen-bond acceptors (Lipinski definition) is 3. The Balaban J connectivity index is 2.28. The van der Waals surface area contributed by atoms with Crippen molar-refractivity contribution >= 4 is 24.1 Å². The Labute approximate surface area is 142 Å². The monoisotopic (exact) mass is 338 g/mol. The van der Waals surface area contributed by atoms with Crippen molar-refractivity contribution < 1.29 is 18.1 Å². The lowest BCUT2D eigenvalue weighted by molar-refractivity contribution is 0.00578. The van der Waals surface area contributed by atoms with Crippen LogP contribution >= 0.6 is 0 Å². The van der Waals surface area contributed by atoms with Crippen LogP contribution in [-0.2, 0) is 9.31 Å². The topological polar surface area (TPSA) is 42.9 Å². The van der Waals surface area contributed by atoms with Crippen LogP contribution in [0.1, 0.15) is 48.5 Å². The zero-order chi connectivity index (χ0) is 18.3. The Morgan fingerprint density at radius 3 is 1.96 bits per heavy atom. The van der Waals surface area contributed by atoms with Crippen molar-refractivity contribution in [2.75, 3.05) is 5.32 Å². The second kappa shape index (κ2) is 6.45. The lowest BCUT2D eigenvalue weighted by atomic mass is 9.79. The molecule has 4 nitrogen and oxygen atoms in total. The highest BCUT2D eigenvalue weighted by Crippen LogP contribution is 2.36. The fourth-order valence-corrected chi connectivity index (χ4v) is 2.43. The number of benzene rings is 1. The van der Waals surface area contributed by atoms with Gasteiger partial charge >= 0.3 is 7.12 Å². The molecule has 7 heteroatoms. The predicted molar refractivity (Wildman–Crippen MR) is 93.9 cm³/mol. The molecule has 1 aliphatic rings. The van der Waals surface area contributed by atoms with Gasteiger partial charge in [0.05, 0.1) is 17.0 Å². The summed E-state index contributed by atoms with van der Waals surface area (Å²) in [5.74, 6) is -0.970. The van der Waals surface area contributed by atoms with Crippen LogP contribution in [-0.4, -0.2) is 30.2 Å². The van der Waals surface area contributed by atoms with E-state index in [1.807, 2.05) is 41.5 Å². The summed E-state index contributed by atoms with van der Waals surface area (Å²) < 4.78 is 40.4. The SMILES string of the molecule is CC(=NC(C)C)Nc1c(F)cc(B2OC(C)(C)C(C)(C)O2)cc1F. The van der Waals surface area contributed by atoms with Crippen molar-refractivity contribution in [2.24, 2.45) is 4.99 Å². The lowest BCUT2D eigenvalue weighted by Gasteiger charge is -2.32. The number of hydrogen-bond donors (Lipinski definition) is 1. The second-order valence-corrected chi connectivity index (χ2v) is 7.38. The van der Waals surface area contributed by atoms with E-state index in [-0.39, 0.29) is 11.7 Å². The minimum Gasteiger partial charge on any atom is -0.399 e. The van der Waals surface area contributed by atoms with Gasteiger partial charge < -0.3 is 14.6 Å². The molecule has 0 unspecified atom stereocenters. The summed E-state index contributed by atoms with van der Waals surface area (Å²) in [6.45, 7) is 13.0. The molecule has 0 aliphatic carbocycles. The summed E-state index contributed by atoms with van der Waals surface area (Å²) in [5, 5.41) is 2.68. The molecule has 24 heavy (non-hydrogen) atoms. The Kier molecular flexibility index (Phi) is 5.07. The summed E-state index contributed by atoms with van der Waals surface area (Å²) in [6, 6.07) is 2.50. The first-order chi connectivity index (χ1) is 10.9. The van der Waals surface area contributed by atoms with Crippen molar-refractivity contribution in [3.8, 4) is 0 Å². The van der Waals surface area contributed by atoms with Crippen LogP contribution < -0.4 is 10.8 Å². The summed E-state index contributed by atoms with van der Waals surface area (Å²) in [6.07, 6.45) is 0. The maximum absolute atomic E-state index is 14.4. The summed E-state index contributed by atoms with van der Waals surface area (Å²) in [4.78, 5) is 4.22. The number of amidine groups is 1. The molecule has 1 heterocycles. The minimum atomic E-state index is -0.807. The molecule has 1 N–H and O–H groups in total. The summed E-state index contributed by atoms with van der Waals surface area (Å²) in [7, 11) is -0.807. The molecule has 132 valence electrons. The van der Waals surface area contributed by atoms with Gasteiger partial charge in [0.2, 0.25) is 0 Å². The van der Waals surface area contributed by atoms with Crippen LogP contribution in [0.15, 0.2) is 17.1 Å². The minimum absolute atomic E-state index is 0.0349. The third kappa shape index (κ3) is 3.78. The van der Waals surface area contributed by atoms with Crippen molar-refractivity contribution in [1.82, 2.24) is 0 Å². The molecular formula is C17H25BF2N2O2. The highest BCUT2D eigenvalue weighted by atomic mass is 19.1. The zero-order valence-corrected chi connectivity index (χ0v) is 15.3. The van der Waals surface area contributed by atoms with E-state index in [1.54, 1.807) is 6.92 Å². The Morgan fingerprint density at radius 1 is 1.08 bits per heavy atom. The van der Waals surface area contributed by atoms with Crippen LogP contribution in [0.5, 0.6) is 0 Å². The maximum Gasteiger partial charge on any atom is 0.495 e. The maximum atomic E-state index is 14.4. The van der Waals surface area contributed by atoms with E-state index in [9.17, 15) is 8.78 Å². The summed E-state index contributed by atoms with van der Waals surface area (Å²) >= 11 is 0. The van der Waals surface area contributed by atoms with E-state index in [2.05, 4.69) is 10.3 Å². The number of anilines is 1. The van der Waals surface area contributed by atoms with E-state index >= 15 is 0 Å². The molecule has 2 rings (SSSR count). The van der Waals surface area contributed by atoms with Gasteiger partial charge in [0.15, 0.2) is 0 Å². The molecule has 1 fully saturated rings. The first-order valence-corrected chi connectivity index (χ1v) is 8.09. The Hall–Kier alpha value is -1.47. The molecule has 1 aromatic carbocycles. The number of rotatable bonds is 3. The molecule has 0 amide bonds. The van der Waals surface area contributed by atoms with Crippen molar-refractivity contribution in [3.05, 3.63) is 23.8 Å². The summed E-state index contributed by atoms with van der Waals surface area (Å²) in [5.41, 5.74) is -1.05. The molecule has 0 saturated carbocycles. The van der Waals surface area contributed by atoms with Gasteiger partial charge in [-0.2, -0.15) is 0 Å². The van der Waals surface area contributed by atoms with Crippen LogP contribution in [0.2, 0.25) is 0 Å². The molecule has 1 saturated heterocycles. The molecule has 0 atom stereocenters. The smallest absolute Gasteiger partial charge is 0.399 e. The lowest BCUT2D eigenvalue weighted by Crippen LogP contribution is -2.41. The number of nitrogens with zero attached hydrogens (tertiary/aromatic N) is 1. The van der Waals surface area contributed by atoms with E-state index in [0.717, 1.165) is 0 Å². The van der Waals surface area contributed by atoms with Gasteiger partial charge in [-0.25, -0.2) is 8.78 Å². The average Bonchev–Trinajstić information content (AvgIpc) is 2.62. The van der Waals surface area contributed by atoms with E-state index in [1.165, 1.54) is 12.1 Å². The highest BCUT2D eigenvalue weighted by Gasteiger charge is 2.52. The second-order valence-electron chi connectivity index (χ2n) is 7.38. The van der Waals surface area contributed by atoms with Gasteiger partial charge in [-0.1, -0.05) is 0 Å². The van der Waals surface area contributed by atoms with Gasteiger partial charge in [0.25, 0.3) is 0 Å². The van der Waals surface area contributed by atoms with E-state index < -0.39 is 30.0 Å². The largest absolute Gasteiger partial charge is 0.495 e. The molecule has 1 aliphatic heterocycles. The number of nitrogens with one attached hydrogen (secondary N) is 1. The number of aliphatic imine (C=N–C) groups is 1. The van der Waals surface area contributed by atoms with E-state index in [4.69, 9.17) is 9.31 Å². The fraction of sp³-hybridized carbons (Fsp3) is 0.588. The third-order valence-corrected chi connectivity index (χ3v) is 4.35.